The van der Waals surface area contributed by atoms with Crippen molar-refractivity contribution >= 4 is 0 Å². The molecule has 22 heavy (non-hydrogen) atoms. The maximum Gasteiger partial charge on any atom is 0.120 e. The van der Waals surface area contributed by atoms with E-state index in [0.29, 0.717) is 6.61 Å². The summed E-state index contributed by atoms with van der Waals surface area (Å²) < 4.78 is 5.73. The van der Waals surface area contributed by atoms with Crippen LogP contribution in [0.15, 0.2) is 36.4 Å². The molecule has 1 heteroatoms. The Bertz CT molecular complexity index is 441. The summed E-state index contributed by atoms with van der Waals surface area (Å²) in [6.45, 7) is 5.01. The molecule has 1 aromatic rings. The summed E-state index contributed by atoms with van der Waals surface area (Å²) >= 11 is 0. The van der Waals surface area contributed by atoms with Crippen LogP contribution in [0.25, 0.3) is 0 Å². The number of aryl methyl sites for hydroxylation is 1. The van der Waals surface area contributed by atoms with Gasteiger partial charge in [-0.3, -0.25) is 0 Å². The Hall–Kier alpha value is -1.24. The molecule has 0 atom stereocenters. The molecule has 0 spiro atoms. The Morgan fingerprint density at radius 3 is 2.50 bits per heavy atom. The van der Waals surface area contributed by atoms with Crippen LogP contribution in [0.1, 0.15) is 64.4 Å². The van der Waals surface area contributed by atoms with Gasteiger partial charge in [-0.15, -0.1) is 0 Å². The van der Waals surface area contributed by atoms with E-state index in [1.165, 1.54) is 56.9 Å². The van der Waals surface area contributed by atoms with Gasteiger partial charge < -0.3 is 4.74 Å². The predicted molar refractivity (Wildman–Crippen MR) is 95.4 cm³/mol. The second-order valence-electron chi connectivity index (χ2n) is 6.74. The fraction of sp³-hybridized carbons (Fsp3) is 0.619. The number of hydrogen-bond donors (Lipinski definition) is 0. The van der Waals surface area contributed by atoms with Crippen molar-refractivity contribution in [2.45, 2.75) is 65.2 Å². The average Bonchev–Trinajstić information content (AvgIpc) is 2.55. The Morgan fingerprint density at radius 2 is 1.82 bits per heavy atom. The van der Waals surface area contributed by atoms with Gasteiger partial charge >= 0.3 is 0 Å². The summed E-state index contributed by atoms with van der Waals surface area (Å²) in [6.07, 6.45) is 15.2. The first kappa shape index (κ1) is 17.1. The first-order valence-electron chi connectivity index (χ1n) is 9.14. The maximum absolute atomic E-state index is 5.73. The number of hydrogen-bond acceptors (Lipinski definition) is 1. The van der Waals surface area contributed by atoms with E-state index in [1.807, 2.05) is 19.1 Å². The van der Waals surface area contributed by atoms with Gasteiger partial charge in [0.25, 0.3) is 0 Å². The van der Waals surface area contributed by atoms with Crippen molar-refractivity contribution in [2.24, 2.45) is 11.8 Å². The SMILES string of the molecule is CC=CCOc1cccc(CCC2CCC(CCC)CC2)c1. The third kappa shape index (κ3) is 5.87. The zero-order valence-electron chi connectivity index (χ0n) is 14.4. The number of allylic oxidation sites excluding steroid dienone is 1. The highest BCUT2D eigenvalue weighted by Crippen LogP contribution is 2.33. The molecule has 2 rings (SSSR count). The summed E-state index contributed by atoms with van der Waals surface area (Å²) in [7, 11) is 0. The third-order valence-electron chi connectivity index (χ3n) is 4.98. The molecule has 0 heterocycles. The number of rotatable bonds is 8. The lowest BCUT2D eigenvalue weighted by Gasteiger charge is -2.28. The molecule has 1 aromatic carbocycles. The minimum Gasteiger partial charge on any atom is -0.490 e. The monoisotopic (exact) mass is 300 g/mol. The molecule has 0 bridgehead atoms. The summed E-state index contributed by atoms with van der Waals surface area (Å²) in [5, 5.41) is 0. The second-order valence-corrected chi connectivity index (χ2v) is 6.74. The van der Waals surface area contributed by atoms with Crippen molar-refractivity contribution in [3.8, 4) is 5.75 Å². The first-order valence-corrected chi connectivity index (χ1v) is 9.14. The van der Waals surface area contributed by atoms with E-state index in [4.69, 9.17) is 4.74 Å². The van der Waals surface area contributed by atoms with Crippen LogP contribution in [0, 0.1) is 11.8 Å². The van der Waals surface area contributed by atoms with Gasteiger partial charge in [0.15, 0.2) is 0 Å². The molecule has 0 unspecified atom stereocenters. The van der Waals surface area contributed by atoms with Crippen LogP contribution in [-0.2, 0) is 6.42 Å². The molecule has 0 saturated heterocycles. The molecule has 1 aliphatic rings. The fourth-order valence-corrected chi connectivity index (χ4v) is 3.62. The Morgan fingerprint density at radius 1 is 1.09 bits per heavy atom. The van der Waals surface area contributed by atoms with Gasteiger partial charge in [-0.05, 0) is 49.3 Å². The van der Waals surface area contributed by atoms with Crippen molar-refractivity contribution in [3.63, 3.8) is 0 Å². The van der Waals surface area contributed by atoms with Gasteiger partial charge in [0.05, 0.1) is 0 Å². The summed E-state index contributed by atoms with van der Waals surface area (Å²) in [5.74, 6) is 2.97. The highest BCUT2D eigenvalue weighted by Gasteiger charge is 2.20. The molecule has 1 saturated carbocycles. The lowest BCUT2D eigenvalue weighted by Crippen LogP contribution is -2.15. The molecule has 0 N–H and O–H groups in total. The molecule has 0 amide bonds. The van der Waals surface area contributed by atoms with Crippen LogP contribution in [0.2, 0.25) is 0 Å². The fourth-order valence-electron chi connectivity index (χ4n) is 3.62. The van der Waals surface area contributed by atoms with E-state index in [-0.39, 0.29) is 0 Å². The highest BCUT2D eigenvalue weighted by atomic mass is 16.5. The maximum atomic E-state index is 5.73. The van der Waals surface area contributed by atoms with E-state index in [0.717, 1.165) is 17.6 Å². The smallest absolute Gasteiger partial charge is 0.120 e. The van der Waals surface area contributed by atoms with Crippen molar-refractivity contribution in [2.75, 3.05) is 6.61 Å². The largest absolute Gasteiger partial charge is 0.490 e. The molecule has 1 aliphatic carbocycles. The topological polar surface area (TPSA) is 9.23 Å². The number of benzene rings is 1. The lowest BCUT2D eigenvalue weighted by molar-refractivity contribution is 0.252. The van der Waals surface area contributed by atoms with Gasteiger partial charge in [0, 0.05) is 0 Å². The molecule has 1 nitrogen and oxygen atoms in total. The van der Waals surface area contributed by atoms with Crippen molar-refractivity contribution < 1.29 is 4.74 Å². The average molecular weight is 300 g/mol. The minimum atomic E-state index is 0.668. The van der Waals surface area contributed by atoms with E-state index < -0.39 is 0 Å². The van der Waals surface area contributed by atoms with E-state index in [9.17, 15) is 0 Å². The zero-order valence-corrected chi connectivity index (χ0v) is 14.4. The zero-order chi connectivity index (χ0) is 15.6. The molecule has 0 radical (unpaired) electrons. The Labute approximate surface area is 136 Å². The Kier molecular flexibility index (Phi) is 7.56. The van der Waals surface area contributed by atoms with Crippen molar-refractivity contribution in [3.05, 3.63) is 42.0 Å². The van der Waals surface area contributed by atoms with E-state index >= 15 is 0 Å². The molecular weight excluding hydrogens is 268 g/mol. The number of ether oxygens (including phenoxy) is 1. The molecule has 122 valence electrons. The molecular formula is C21H32O. The van der Waals surface area contributed by atoms with Crippen molar-refractivity contribution in [1.29, 1.82) is 0 Å². The van der Waals surface area contributed by atoms with E-state index in [2.05, 4.69) is 31.2 Å². The Balaban J connectivity index is 1.74. The van der Waals surface area contributed by atoms with Gasteiger partial charge in [0.2, 0.25) is 0 Å². The molecule has 1 fully saturated rings. The van der Waals surface area contributed by atoms with Crippen LogP contribution in [0.5, 0.6) is 5.75 Å². The van der Waals surface area contributed by atoms with Crippen LogP contribution in [0.4, 0.5) is 0 Å². The van der Waals surface area contributed by atoms with Gasteiger partial charge in [-0.2, -0.15) is 0 Å². The van der Waals surface area contributed by atoms with Crippen LogP contribution in [0.3, 0.4) is 0 Å². The second kappa shape index (κ2) is 9.71. The summed E-state index contributed by atoms with van der Waals surface area (Å²) in [4.78, 5) is 0. The summed E-state index contributed by atoms with van der Waals surface area (Å²) in [5.41, 5.74) is 1.42. The van der Waals surface area contributed by atoms with E-state index in [1.54, 1.807) is 0 Å². The minimum absolute atomic E-state index is 0.668. The van der Waals surface area contributed by atoms with Gasteiger partial charge in [-0.1, -0.05) is 69.7 Å². The van der Waals surface area contributed by atoms with Gasteiger partial charge in [-0.25, -0.2) is 0 Å². The normalized spacial score (nSPS) is 22.1. The first-order chi connectivity index (χ1) is 10.8. The van der Waals surface area contributed by atoms with Gasteiger partial charge in [0.1, 0.15) is 12.4 Å². The predicted octanol–water partition coefficient (Wildman–Crippen LogP) is 6.18. The third-order valence-corrected chi connectivity index (χ3v) is 4.98. The quantitative estimate of drug-likeness (QED) is 0.521. The van der Waals surface area contributed by atoms with Crippen LogP contribution >= 0.6 is 0 Å². The summed E-state index contributed by atoms with van der Waals surface area (Å²) in [6, 6.07) is 8.64. The standard InChI is InChI=1S/C21H32O/c1-3-5-16-22-21-9-6-8-20(17-21)15-14-19-12-10-18(7-4-2)11-13-19/h3,5-6,8-9,17-19H,4,7,10-16H2,1-2H3. The van der Waals surface area contributed by atoms with Crippen LogP contribution in [-0.4, -0.2) is 6.61 Å². The van der Waals surface area contributed by atoms with Crippen molar-refractivity contribution in [1.82, 2.24) is 0 Å². The highest BCUT2D eigenvalue weighted by molar-refractivity contribution is 5.28. The molecule has 0 aliphatic heterocycles. The van der Waals surface area contributed by atoms with Crippen LogP contribution < -0.4 is 4.74 Å². The molecule has 0 aromatic heterocycles. The lowest BCUT2D eigenvalue weighted by atomic mass is 9.78.